The maximum absolute atomic E-state index is 13.1. The van der Waals surface area contributed by atoms with E-state index in [2.05, 4.69) is 161 Å². The molecule has 0 bridgehead atoms. The molecular formula is C89H146O17P2. The van der Waals surface area contributed by atoms with Crippen molar-refractivity contribution in [2.75, 3.05) is 39.6 Å². The first-order valence-corrected chi connectivity index (χ1v) is 44.4. The molecule has 19 heteroatoms. The molecule has 0 fully saturated rings. The van der Waals surface area contributed by atoms with E-state index in [1.54, 1.807) is 0 Å². The Bertz CT molecular complexity index is 2710. The zero-order chi connectivity index (χ0) is 78.9. The Morgan fingerprint density at radius 2 is 0.500 bits per heavy atom. The summed E-state index contributed by atoms with van der Waals surface area (Å²) >= 11 is 0. The summed E-state index contributed by atoms with van der Waals surface area (Å²) in [6.07, 6.45) is 95.0. The van der Waals surface area contributed by atoms with Crippen LogP contribution in [0.5, 0.6) is 0 Å². The number of esters is 4. The van der Waals surface area contributed by atoms with Crippen molar-refractivity contribution in [3.63, 3.8) is 0 Å². The zero-order valence-electron chi connectivity index (χ0n) is 67.2. The number of carbonyl (C=O) groups excluding carboxylic acids is 4. The summed E-state index contributed by atoms with van der Waals surface area (Å²) < 4.78 is 68.5. The molecule has 0 saturated heterocycles. The first-order valence-electron chi connectivity index (χ1n) is 41.4. The summed E-state index contributed by atoms with van der Waals surface area (Å²) in [7, 11) is -10.0. The molecule has 0 amide bonds. The number of aliphatic hydroxyl groups is 1. The summed E-state index contributed by atoms with van der Waals surface area (Å²) in [6.45, 7) is 4.45. The average Bonchev–Trinajstić information content (AvgIpc) is 0.896. The van der Waals surface area contributed by atoms with Crippen LogP contribution < -0.4 is 0 Å². The molecule has 0 aliphatic heterocycles. The van der Waals surface area contributed by atoms with E-state index in [0.717, 1.165) is 141 Å². The van der Waals surface area contributed by atoms with Crippen LogP contribution in [-0.2, 0) is 65.4 Å². The summed E-state index contributed by atoms with van der Waals surface area (Å²) in [6, 6.07) is 0. The number of rotatable bonds is 76. The van der Waals surface area contributed by atoms with Crippen molar-refractivity contribution in [1.29, 1.82) is 0 Å². The van der Waals surface area contributed by atoms with Crippen molar-refractivity contribution in [1.82, 2.24) is 0 Å². The molecule has 0 saturated carbocycles. The third kappa shape index (κ3) is 78.5. The van der Waals surface area contributed by atoms with E-state index in [-0.39, 0.29) is 25.7 Å². The summed E-state index contributed by atoms with van der Waals surface area (Å²) in [5, 5.41) is 10.7. The van der Waals surface area contributed by atoms with Crippen molar-refractivity contribution in [3.05, 3.63) is 170 Å². The number of phosphoric acid groups is 2. The molecule has 0 rings (SSSR count). The first kappa shape index (κ1) is 102. The van der Waals surface area contributed by atoms with Crippen LogP contribution in [0, 0.1) is 0 Å². The number of ether oxygens (including phenoxy) is 4. The summed E-state index contributed by atoms with van der Waals surface area (Å²) in [5.41, 5.74) is 0. The fraction of sp³-hybridized carbons (Fsp3) is 0.640. The molecular weight excluding hydrogens is 1400 g/mol. The van der Waals surface area contributed by atoms with Crippen molar-refractivity contribution >= 4 is 39.5 Å². The maximum atomic E-state index is 13.1. The van der Waals surface area contributed by atoms with Gasteiger partial charge in [-0.25, -0.2) is 9.13 Å². The van der Waals surface area contributed by atoms with Gasteiger partial charge in [0, 0.05) is 25.7 Å². The van der Waals surface area contributed by atoms with Gasteiger partial charge in [-0.1, -0.05) is 301 Å². The topological polar surface area (TPSA) is 237 Å². The number of allylic oxidation sites excluding steroid dienone is 28. The SMILES string of the molecule is CC/C=C\C/C=C\C/C=C\C/C=C\C/C=C\C/C=C\CCC(=O)OCC(COP(=O)(O)OCC(O)COP(=O)(O)OCC(COC(=O)CCCCCCC/C=C\CCCCCCCC)OC(=O)CCCCCCC/C=C\CCCCCCCC)OC(=O)CC/C=C\C/C=C\C/C=C\C/C=C\C/C=C\C/C=C\CC. The standard InChI is InChI=1S/C89H146O17P2/c1-5-9-13-17-21-25-29-33-37-39-41-43-47-50-54-58-62-66-70-74-87(92)100-80-85(106-89(94)76-72-68-64-60-56-52-48-44-42-40-38-34-30-26-22-18-14-10-6-2)82-104-108(97,98)102-78-83(90)77-101-107(95,96)103-81-84(105-88(93)75-71-67-63-59-55-51-46-36-32-28-24-20-16-12-8-4)79-99-86(91)73-69-65-61-57-53-49-45-35-31-27-23-19-15-11-7-3/h9-10,13-14,21-22,25-26,33-38,41-46,50,52,54,56,62,64,66,68,83-85,90H,5-8,11-12,15-20,23-24,27-32,39-40,47-49,51,53,55,57-61,63,65,67,69-82H2,1-4H3,(H,95,96)(H,97,98)/b13-9-,14-10-,25-21-,26-22-,37-33-,38-34-,43-41-,44-42-,45-35-,46-36-,54-50-,56-52-,66-62-,68-64-. The van der Waals surface area contributed by atoms with Crippen LogP contribution in [0.15, 0.2) is 170 Å². The fourth-order valence-electron chi connectivity index (χ4n) is 10.4. The Morgan fingerprint density at radius 1 is 0.269 bits per heavy atom. The van der Waals surface area contributed by atoms with Crippen molar-refractivity contribution < 1.29 is 80.2 Å². The molecule has 614 valence electrons. The minimum Gasteiger partial charge on any atom is -0.462 e. The lowest BCUT2D eigenvalue weighted by Crippen LogP contribution is -2.30. The maximum Gasteiger partial charge on any atom is 0.472 e. The molecule has 0 aromatic heterocycles. The first-order chi connectivity index (χ1) is 52.7. The summed E-state index contributed by atoms with van der Waals surface area (Å²) in [4.78, 5) is 73.1. The van der Waals surface area contributed by atoms with Crippen molar-refractivity contribution in [2.45, 2.75) is 329 Å². The molecule has 5 atom stereocenters. The normalized spacial score (nSPS) is 14.7. The van der Waals surface area contributed by atoms with E-state index in [1.807, 2.05) is 36.5 Å². The smallest absolute Gasteiger partial charge is 0.462 e. The van der Waals surface area contributed by atoms with Gasteiger partial charge in [0.2, 0.25) is 0 Å². The summed E-state index contributed by atoms with van der Waals surface area (Å²) in [5.74, 6) is -2.40. The molecule has 108 heavy (non-hydrogen) atoms. The Kier molecular flexibility index (Phi) is 75.4. The Labute approximate surface area is 654 Å². The number of carbonyl (C=O) groups is 4. The second-order valence-electron chi connectivity index (χ2n) is 26.9. The molecule has 17 nitrogen and oxygen atoms in total. The molecule has 0 aromatic carbocycles. The van der Waals surface area contributed by atoms with Gasteiger partial charge in [-0.15, -0.1) is 0 Å². The van der Waals surface area contributed by atoms with Gasteiger partial charge in [0.05, 0.1) is 26.4 Å². The number of hydrogen-bond donors (Lipinski definition) is 3. The highest BCUT2D eigenvalue weighted by Crippen LogP contribution is 2.45. The molecule has 0 radical (unpaired) electrons. The highest BCUT2D eigenvalue weighted by Gasteiger charge is 2.30. The predicted molar refractivity (Wildman–Crippen MR) is 445 cm³/mol. The Hall–Kier alpha value is -5.58. The third-order valence-corrected chi connectivity index (χ3v) is 18.6. The van der Waals surface area contributed by atoms with E-state index in [4.69, 9.17) is 37.0 Å². The van der Waals surface area contributed by atoms with E-state index < -0.39 is 97.5 Å². The Balaban J connectivity index is 5.54. The van der Waals surface area contributed by atoms with Crippen LogP contribution in [0.2, 0.25) is 0 Å². The largest absolute Gasteiger partial charge is 0.472 e. The number of hydrogen-bond acceptors (Lipinski definition) is 15. The van der Waals surface area contributed by atoms with Crippen LogP contribution in [0.1, 0.15) is 310 Å². The lowest BCUT2D eigenvalue weighted by molar-refractivity contribution is -0.161. The molecule has 0 aromatic rings. The van der Waals surface area contributed by atoms with Crippen LogP contribution in [0.4, 0.5) is 0 Å². The highest BCUT2D eigenvalue weighted by atomic mass is 31.2. The van der Waals surface area contributed by atoms with Crippen LogP contribution in [-0.4, -0.2) is 96.7 Å². The van der Waals surface area contributed by atoms with Gasteiger partial charge in [-0.3, -0.25) is 37.3 Å². The van der Waals surface area contributed by atoms with Crippen LogP contribution in [0.25, 0.3) is 0 Å². The van der Waals surface area contributed by atoms with Crippen LogP contribution >= 0.6 is 15.6 Å². The van der Waals surface area contributed by atoms with E-state index in [1.165, 1.54) is 77.0 Å². The van der Waals surface area contributed by atoms with E-state index >= 15 is 0 Å². The highest BCUT2D eigenvalue weighted by molar-refractivity contribution is 7.47. The quantitative estimate of drug-likeness (QED) is 0.0169. The van der Waals surface area contributed by atoms with Gasteiger partial charge in [0.1, 0.15) is 19.3 Å². The molecule has 3 N–H and O–H groups in total. The monoisotopic (exact) mass is 1550 g/mol. The zero-order valence-corrected chi connectivity index (χ0v) is 69.0. The molecule has 0 heterocycles. The van der Waals surface area contributed by atoms with Gasteiger partial charge < -0.3 is 33.8 Å². The second kappa shape index (κ2) is 79.5. The lowest BCUT2D eigenvalue weighted by Gasteiger charge is -2.21. The van der Waals surface area contributed by atoms with Gasteiger partial charge >= 0.3 is 39.5 Å². The van der Waals surface area contributed by atoms with E-state index in [9.17, 15) is 43.2 Å². The Morgan fingerprint density at radius 3 is 0.815 bits per heavy atom. The van der Waals surface area contributed by atoms with Crippen molar-refractivity contribution in [2.24, 2.45) is 0 Å². The molecule has 0 aliphatic carbocycles. The molecule has 0 aliphatic rings. The third-order valence-electron chi connectivity index (χ3n) is 16.7. The number of unbranched alkanes of at least 4 members (excludes halogenated alkanes) is 22. The fourth-order valence-corrected chi connectivity index (χ4v) is 12.0. The van der Waals surface area contributed by atoms with Gasteiger partial charge in [-0.2, -0.15) is 0 Å². The second-order valence-corrected chi connectivity index (χ2v) is 29.8. The minimum atomic E-state index is -5.02. The molecule has 5 unspecified atom stereocenters. The number of aliphatic hydroxyl groups excluding tert-OH is 1. The minimum absolute atomic E-state index is 0.0138. The van der Waals surface area contributed by atoms with Gasteiger partial charge in [0.15, 0.2) is 12.2 Å². The lowest BCUT2D eigenvalue weighted by atomic mass is 10.1. The van der Waals surface area contributed by atoms with Crippen molar-refractivity contribution in [3.8, 4) is 0 Å². The number of phosphoric ester groups is 2. The predicted octanol–water partition coefficient (Wildman–Crippen LogP) is 24.6. The van der Waals surface area contributed by atoms with Crippen LogP contribution in [0.3, 0.4) is 0 Å². The molecule has 0 spiro atoms. The van der Waals surface area contributed by atoms with Gasteiger partial charge in [-0.05, 0) is 154 Å². The van der Waals surface area contributed by atoms with Gasteiger partial charge in [0.25, 0.3) is 0 Å². The van der Waals surface area contributed by atoms with E-state index in [0.29, 0.717) is 38.5 Å². The average molecular weight is 1550 g/mol.